The van der Waals surface area contributed by atoms with Gasteiger partial charge < -0.3 is 23.7 Å². The number of aromatic nitrogens is 2. The smallest absolute Gasteiger partial charge is 0.328 e. The first-order chi connectivity index (χ1) is 12.1. The number of ether oxygens (including phenoxy) is 5. The van der Waals surface area contributed by atoms with Crippen molar-refractivity contribution in [2.75, 3.05) is 28.4 Å². The number of carbonyl (C=O) groups excluding carboxylic acids is 1. The third kappa shape index (κ3) is 6.74. The number of hydrogen-bond acceptors (Lipinski definition) is 8. The Labute approximate surface area is 146 Å². The van der Waals surface area contributed by atoms with Crippen LogP contribution < -0.4 is 14.2 Å². The fourth-order valence-corrected chi connectivity index (χ4v) is 1.50. The molecule has 8 nitrogen and oxygen atoms in total. The van der Waals surface area contributed by atoms with E-state index in [0.29, 0.717) is 29.4 Å². The number of rotatable bonds is 7. The number of aldehydes is 1. The van der Waals surface area contributed by atoms with Gasteiger partial charge in [0, 0.05) is 14.2 Å². The molecule has 0 saturated carbocycles. The minimum Gasteiger partial charge on any atom is -0.481 e. The van der Waals surface area contributed by atoms with E-state index in [4.69, 9.17) is 14.2 Å². The summed E-state index contributed by atoms with van der Waals surface area (Å²) in [6, 6.07) is 8.35. The molecule has 0 bridgehead atoms. The fraction of sp³-hybridized carbons (Fsp3) is 0.353. The maximum Gasteiger partial charge on any atom is 0.328 e. The van der Waals surface area contributed by atoms with E-state index < -0.39 is 0 Å². The summed E-state index contributed by atoms with van der Waals surface area (Å²) < 4.78 is 24.8. The van der Waals surface area contributed by atoms with Gasteiger partial charge in [0.2, 0.25) is 11.8 Å². The Hall–Kier alpha value is -2.71. The van der Waals surface area contributed by atoms with E-state index in [0.717, 1.165) is 0 Å². The standard InChI is InChI=1S/C13H12N2O4.C4H10O2/c1-17-11-7-12(18-2)15-13(14-11)19-10-6-4-3-5-9(10)8-16;1-4(5-2)6-3/h3-8H,1-2H3;4H,1-3H3. The maximum absolute atomic E-state index is 10.9. The first-order valence-electron chi connectivity index (χ1n) is 7.32. The molecule has 0 aliphatic heterocycles. The molecule has 8 heteroatoms. The largest absolute Gasteiger partial charge is 0.481 e. The molecule has 1 heterocycles. The highest BCUT2D eigenvalue weighted by atomic mass is 16.7. The lowest BCUT2D eigenvalue weighted by Crippen LogP contribution is -2.05. The van der Waals surface area contributed by atoms with Crippen molar-refractivity contribution in [1.29, 1.82) is 0 Å². The Kier molecular flexibility index (Phi) is 8.91. The fourth-order valence-electron chi connectivity index (χ4n) is 1.50. The number of methoxy groups -OCH3 is 4. The Morgan fingerprint density at radius 2 is 1.52 bits per heavy atom. The van der Waals surface area contributed by atoms with Gasteiger partial charge in [-0.15, -0.1) is 0 Å². The van der Waals surface area contributed by atoms with E-state index in [1.54, 1.807) is 38.5 Å². The third-order valence-corrected chi connectivity index (χ3v) is 2.99. The first kappa shape index (κ1) is 20.3. The predicted octanol–water partition coefficient (Wildman–Crippen LogP) is 2.72. The molecule has 0 N–H and O–H groups in total. The minimum atomic E-state index is -0.0648. The lowest BCUT2D eigenvalue weighted by atomic mass is 10.2. The van der Waals surface area contributed by atoms with Gasteiger partial charge in [-0.1, -0.05) is 12.1 Å². The number of carbonyl (C=O) groups is 1. The van der Waals surface area contributed by atoms with Crippen LogP contribution in [-0.4, -0.2) is 51.0 Å². The molecule has 0 aliphatic rings. The number of hydrogen-bond donors (Lipinski definition) is 0. The molecule has 0 saturated heterocycles. The Bertz CT molecular complexity index is 639. The van der Waals surface area contributed by atoms with Crippen molar-refractivity contribution in [1.82, 2.24) is 9.97 Å². The van der Waals surface area contributed by atoms with Gasteiger partial charge in [0.1, 0.15) is 5.75 Å². The number of benzene rings is 1. The van der Waals surface area contributed by atoms with E-state index in [1.165, 1.54) is 20.3 Å². The van der Waals surface area contributed by atoms with Gasteiger partial charge in [0.25, 0.3) is 0 Å². The molecule has 2 rings (SSSR count). The molecule has 1 aromatic carbocycles. The molecule has 0 unspecified atom stereocenters. The zero-order chi connectivity index (χ0) is 18.7. The van der Waals surface area contributed by atoms with Crippen molar-refractivity contribution in [3.63, 3.8) is 0 Å². The van der Waals surface area contributed by atoms with Gasteiger partial charge in [-0.2, -0.15) is 9.97 Å². The highest BCUT2D eigenvalue weighted by Crippen LogP contribution is 2.25. The summed E-state index contributed by atoms with van der Waals surface area (Å²) in [5, 5.41) is 0. The second-order valence-corrected chi connectivity index (χ2v) is 4.53. The molecule has 0 atom stereocenters. The molecule has 1 aromatic heterocycles. The van der Waals surface area contributed by atoms with Crippen LogP contribution in [0.5, 0.6) is 23.5 Å². The summed E-state index contributed by atoms with van der Waals surface area (Å²) in [5.41, 5.74) is 0.410. The van der Waals surface area contributed by atoms with Crippen LogP contribution in [0.4, 0.5) is 0 Å². The highest BCUT2D eigenvalue weighted by Gasteiger charge is 2.09. The lowest BCUT2D eigenvalue weighted by Gasteiger charge is -2.08. The van der Waals surface area contributed by atoms with Crippen molar-refractivity contribution in [2.45, 2.75) is 13.2 Å². The van der Waals surface area contributed by atoms with E-state index in [9.17, 15) is 4.79 Å². The third-order valence-electron chi connectivity index (χ3n) is 2.99. The van der Waals surface area contributed by atoms with Crippen LogP contribution in [0.3, 0.4) is 0 Å². The van der Waals surface area contributed by atoms with Gasteiger partial charge >= 0.3 is 6.01 Å². The van der Waals surface area contributed by atoms with Crippen LogP contribution in [-0.2, 0) is 9.47 Å². The summed E-state index contributed by atoms with van der Waals surface area (Å²) in [6.07, 6.45) is 0.636. The maximum atomic E-state index is 10.9. The van der Waals surface area contributed by atoms with Gasteiger partial charge in [-0.25, -0.2) is 0 Å². The van der Waals surface area contributed by atoms with E-state index in [1.807, 2.05) is 6.92 Å². The molecule has 0 amide bonds. The normalized spacial score (nSPS) is 9.84. The molecule has 0 radical (unpaired) electrons. The molecular weight excluding hydrogens is 328 g/mol. The average Bonchev–Trinajstić information content (AvgIpc) is 2.67. The second kappa shape index (κ2) is 11.0. The molecule has 0 fully saturated rings. The van der Waals surface area contributed by atoms with Gasteiger partial charge in [-0.3, -0.25) is 4.79 Å². The van der Waals surface area contributed by atoms with Crippen LogP contribution in [0.2, 0.25) is 0 Å². The summed E-state index contributed by atoms with van der Waals surface area (Å²) in [6.45, 7) is 1.83. The average molecular weight is 350 g/mol. The van der Waals surface area contributed by atoms with Crippen molar-refractivity contribution in [2.24, 2.45) is 0 Å². The first-order valence-corrected chi connectivity index (χ1v) is 7.32. The SMILES string of the molecule is COC(C)OC.COc1cc(OC)nc(Oc2ccccc2C=O)n1. The van der Waals surface area contributed by atoms with Crippen molar-refractivity contribution in [3.8, 4) is 23.5 Å². The highest BCUT2D eigenvalue weighted by molar-refractivity contribution is 5.79. The number of nitrogens with zero attached hydrogens (tertiary/aromatic N) is 2. The summed E-state index contributed by atoms with van der Waals surface area (Å²) >= 11 is 0. The summed E-state index contributed by atoms with van der Waals surface area (Å²) in [7, 11) is 6.16. The lowest BCUT2D eigenvalue weighted by molar-refractivity contribution is -0.0877. The topological polar surface area (TPSA) is 89.0 Å². The van der Waals surface area contributed by atoms with Crippen LogP contribution >= 0.6 is 0 Å². The van der Waals surface area contributed by atoms with Crippen molar-refractivity contribution in [3.05, 3.63) is 35.9 Å². The molecular formula is C17H22N2O6. The Morgan fingerprint density at radius 3 is 1.96 bits per heavy atom. The quantitative estimate of drug-likeness (QED) is 0.556. The van der Waals surface area contributed by atoms with Gasteiger partial charge in [0.05, 0.1) is 25.8 Å². The minimum absolute atomic E-state index is 0.0468. The molecule has 25 heavy (non-hydrogen) atoms. The predicted molar refractivity (Wildman–Crippen MR) is 90.5 cm³/mol. The zero-order valence-electron chi connectivity index (χ0n) is 14.9. The number of para-hydroxylation sites is 1. The van der Waals surface area contributed by atoms with Crippen molar-refractivity contribution < 1.29 is 28.5 Å². The summed E-state index contributed by atoms with van der Waals surface area (Å²) in [5.74, 6) is 0.990. The molecule has 2 aromatic rings. The van der Waals surface area contributed by atoms with E-state index in [-0.39, 0.29) is 12.3 Å². The van der Waals surface area contributed by atoms with Crippen LogP contribution in [0, 0.1) is 0 Å². The molecule has 136 valence electrons. The Balaban J connectivity index is 0.000000450. The summed E-state index contributed by atoms with van der Waals surface area (Å²) in [4.78, 5) is 18.9. The van der Waals surface area contributed by atoms with Crippen LogP contribution in [0.15, 0.2) is 30.3 Å². The van der Waals surface area contributed by atoms with Gasteiger partial charge in [-0.05, 0) is 19.1 Å². The zero-order valence-corrected chi connectivity index (χ0v) is 14.9. The van der Waals surface area contributed by atoms with Gasteiger partial charge in [0.15, 0.2) is 12.6 Å². The molecule has 0 aliphatic carbocycles. The van der Waals surface area contributed by atoms with Crippen molar-refractivity contribution >= 4 is 6.29 Å². The van der Waals surface area contributed by atoms with E-state index in [2.05, 4.69) is 19.4 Å². The second-order valence-electron chi connectivity index (χ2n) is 4.53. The van der Waals surface area contributed by atoms with E-state index >= 15 is 0 Å². The van der Waals surface area contributed by atoms with Crippen LogP contribution in [0.1, 0.15) is 17.3 Å². The van der Waals surface area contributed by atoms with Crippen LogP contribution in [0.25, 0.3) is 0 Å². The molecule has 0 spiro atoms. The Morgan fingerprint density at radius 1 is 0.960 bits per heavy atom. The monoisotopic (exact) mass is 350 g/mol.